The molecule has 1 atom stereocenters. The van der Waals surface area contributed by atoms with Crippen molar-refractivity contribution in [2.75, 3.05) is 52.6 Å². The zero-order chi connectivity index (χ0) is 27.1. The maximum absolute atomic E-state index is 13.4. The van der Waals surface area contributed by atoms with Gasteiger partial charge < -0.3 is 24.2 Å². The van der Waals surface area contributed by atoms with Gasteiger partial charge in [-0.15, -0.1) is 0 Å². The van der Waals surface area contributed by atoms with Gasteiger partial charge in [-0.2, -0.15) is 0 Å². The topological polar surface area (TPSA) is 88.5 Å². The lowest BCUT2D eigenvalue weighted by Crippen LogP contribution is -2.39. The molecule has 2 aliphatic rings. The Labute approximate surface area is 224 Å². The molecular weight excluding hydrogens is 484 g/mol. The number of aliphatic hydroxyl groups is 1. The van der Waals surface area contributed by atoms with E-state index >= 15 is 0 Å². The molecule has 8 heteroatoms. The van der Waals surface area contributed by atoms with Crippen LogP contribution >= 0.6 is 0 Å². The van der Waals surface area contributed by atoms with Gasteiger partial charge >= 0.3 is 0 Å². The van der Waals surface area contributed by atoms with E-state index < -0.39 is 17.7 Å². The summed E-state index contributed by atoms with van der Waals surface area (Å²) in [5.74, 6) is -0.451. The summed E-state index contributed by atoms with van der Waals surface area (Å²) in [6.07, 6.45) is 2.33. The fourth-order valence-electron chi connectivity index (χ4n) is 4.84. The Hall–Kier alpha value is -3.62. The molecule has 0 spiro atoms. The number of amides is 1. The Balaban J connectivity index is 1.72. The van der Waals surface area contributed by atoms with Crippen molar-refractivity contribution in [3.05, 3.63) is 77.4 Å². The Bertz CT molecular complexity index is 1180. The van der Waals surface area contributed by atoms with E-state index in [1.807, 2.05) is 32.0 Å². The van der Waals surface area contributed by atoms with Gasteiger partial charge in [-0.3, -0.25) is 14.5 Å². The standard InChI is InChI=1S/C30H36N2O6/c1-4-17-38-24-12-11-23(20-25(24)37-5-2)27-26(28(33)22-9-7-21(3)8-10-22)29(34)30(35)32(27)14-6-13-31-15-18-36-19-16-31/h4,7-12,20,27,33H,1,5-6,13-19H2,2-3H3. The van der Waals surface area contributed by atoms with Crippen LogP contribution < -0.4 is 9.47 Å². The van der Waals surface area contributed by atoms with Crippen molar-refractivity contribution >= 4 is 17.4 Å². The van der Waals surface area contributed by atoms with E-state index in [1.54, 1.807) is 35.2 Å². The van der Waals surface area contributed by atoms with Gasteiger partial charge in [0.15, 0.2) is 11.5 Å². The lowest BCUT2D eigenvalue weighted by atomic mass is 9.94. The summed E-state index contributed by atoms with van der Waals surface area (Å²) < 4.78 is 17.0. The number of morpholine rings is 1. The van der Waals surface area contributed by atoms with E-state index in [4.69, 9.17) is 14.2 Å². The monoisotopic (exact) mass is 520 g/mol. The number of carbonyl (C=O) groups excluding carboxylic acids is 2. The van der Waals surface area contributed by atoms with Crippen LogP contribution in [0.4, 0.5) is 0 Å². The average molecular weight is 521 g/mol. The second-order valence-electron chi connectivity index (χ2n) is 9.40. The van der Waals surface area contributed by atoms with E-state index in [-0.39, 0.29) is 11.3 Å². The largest absolute Gasteiger partial charge is 0.507 e. The summed E-state index contributed by atoms with van der Waals surface area (Å²) in [6, 6.07) is 11.8. The second kappa shape index (κ2) is 12.8. The molecular formula is C30H36N2O6. The van der Waals surface area contributed by atoms with Gasteiger partial charge in [0, 0.05) is 31.7 Å². The summed E-state index contributed by atoms with van der Waals surface area (Å²) in [4.78, 5) is 30.5. The summed E-state index contributed by atoms with van der Waals surface area (Å²) in [5.41, 5.74) is 2.26. The van der Waals surface area contributed by atoms with Crippen LogP contribution in [0.5, 0.6) is 11.5 Å². The third-order valence-electron chi connectivity index (χ3n) is 6.78. The van der Waals surface area contributed by atoms with Gasteiger partial charge in [0.2, 0.25) is 0 Å². The number of benzene rings is 2. The van der Waals surface area contributed by atoms with Crippen LogP contribution in [0.15, 0.2) is 60.7 Å². The van der Waals surface area contributed by atoms with E-state index in [0.29, 0.717) is 62.0 Å². The van der Waals surface area contributed by atoms with Crippen LogP contribution in [0, 0.1) is 6.92 Å². The molecule has 0 aromatic heterocycles. The first-order chi connectivity index (χ1) is 18.4. The quantitative estimate of drug-likeness (QED) is 0.207. The number of hydrogen-bond acceptors (Lipinski definition) is 7. The van der Waals surface area contributed by atoms with Crippen LogP contribution in [0.3, 0.4) is 0 Å². The molecule has 1 unspecified atom stereocenters. The normalized spacial score (nSPS) is 19.5. The summed E-state index contributed by atoms with van der Waals surface area (Å²) in [7, 11) is 0. The molecule has 2 fully saturated rings. The van der Waals surface area contributed by atoms with E-state index in [1.165, 1.54) is 0 Å². The third kappa shape index (κ3) is 6.09. The van der Waals surface area contributed by atoms with Crippen molar-refractivity contribution in [3.63, 3.8) is 0 Å². The molecule has 0 aliphatic carbocycles. The summed E-state index contributed by atoms with van der Waals surface area (Å²) in [6.45, 7) is 12.5. The zero-order valence-corrected chi connectivity index (χ0v) is 22.2. The minimum Gasteiger partial charge on any atom is -0.507 e. The molecule has 202 valence electrons. The van der Waals surface area contributed by atoms with Crippen LogP contribution in [0.2, 0.25) is 0 Å². The van der Waals surface area contributed by atoms with Crippen LogP contribution in [-0.4, -0.2) is 79.2 Å². The Morgan fingerprint density at radius 3 is 2.50 bits per heavy atom. The van der Waals surface area contributed by atoms with Gasteiger partial charge in [-0.1, -0.05) is 48.6 Å². The van der Waals surface area contributed by atoms with Crippen molar-refractivity contribution in [3.8, 4) is 11.5 Å². The van der Waals surface area contributed by atoms with Gasteiger partial charge in [-0.25, -0.2) is 0 Å². The number of ether oxygens (including phenoxy) is 3. The number of carbonyl (C=O) groups is 2. The smallest absolute Gasteiger partial charge is 0.295 e. The van der Waals surface area contributed by atoms with Gasteiger partial charge in [-0.05, 0) is 38.0 Å². The number of nitrogens with zero attached hydrogens (tertiary/aromatic N) is 2. The maximum atomic E-state index is 13.4. The summed E-state index contributed by atoms with van der Waals surface area (Å²) >= 11 is 0. The number of hydrogen-bond donors (Lipinski definition) is 1. The van der Waals surface area contributed by atoms with Crippen molar-refractivity contribution in [1.29, 1.82) is 0 Å². The van der Waals surface area contributed by atoms with Crippen molar-refractivity contribution in [2.45, 2.75) is 26.3 Å². The lowest BCUT2D eigenvalue weighted by molar-refractivity contribution is -0.140. The lowest BCUT2D eigenvalue weighted by Gasteiger charge is -2.29. The zero-order valence-electron chi connectivity index (χ0n) is 22.2. The minimum absolute atomic E-state index is 0.0763. The molecule has 8 nitrogen and oxygen atoms in total. The molecule has 2 saturated heterocycles. The molecule has 38 heavy (non-hydrogen) atoms. The Morgan fingerprint density at radius 2 is 1.82 bits per heavy atom. The molecule has 4 rings (SSSR count). The predicted octanol–water partition coefficient (Wildman–Crippen LogP) is 4.10. The second-order valence-corrected chi connectivity index (χ2v) is 9.40. The maximum Gasteiger partial charge on any atom is 0.295 e. The van der Waals surface area contributed by atoms with Crippen molar-refractivity contribution < 1.29 is 28.9 Å². The molecule has 1 N–H and O–H groups in total. The molecule has 2 aromatic rings. The number of ketones is 1. The molecule has 2 aliphatic heterocycles. The van der Waals surface area contributed by atoms with E-state index in [0.717, 1.165) is 25.2 Å². The Morgan fingerprint density at radius 1 is 1.08 bits per heavy atom. The van der Waals surface area contributed by atoms with Crippen molar-refractivity contribution in [1.82, 2.24) is 9.80 Å². The highest BCUT2D eigenvalue weighted by Gasteiger charge is 2.46. The van der Waals surface area contributed by atoms with Crippen LogP contribution in [0.25, 0.3) is 5.76 Å². The highest BCUT2D eigenvalue weighted by molar-refractivity contribution is 6.46. The van der Waals surface area contributed by atoms with Crippen molar-refractivity contribution in [2.24, 2.45) is 0 Å². The highest BCUT2D eigenvalue weighted by atomic mass is 16.5. The van der Waals surface area contributed by atoms with Crippen LogP contribution in [0.1, 0.15) is 36.1 Å². The molecule has 0 radical (unpaired) electrons. The average Bonchev–Trinajstić information content (AvgIpc) is 3.18. The van der Waals surface area contributed by atoms with Gasteiger partial charge in [0.25, 0.3) is 11.7 Å². The first-order valence-electron chi connectivity index (χ1n) is 13.1. The molecule has 0 saturated carbocycles. The number of Topliss-reactive ketones (excluding diaryl/α,β-unsaturated/α-hetero) is 1. The molecule has 1 amide bonds. The van der Waals surface area contributed by atoms with E-state index in [2.05, 4.69) is 11.5 Å². The van der Waals surface area contributed by atoms with Gasteiger partial charge in [0.05, 0.1) is 31.4 Å². The molecule has 0 bridgehead atoms. The SMILES string of the molecule is C=CCOc1ccc(C2C(=C(O)c3ccc(C)cc3)C(=O)C(=O)N2CCCN2CCOCC2)cc1OCC. The fourth-order valence-corrected chi connectivity index (χ4v) is 4.84. The summed E-state index contributed by atoms with van der Waals surface area (Å²) in [5, 5.41) is 11.3. The molecule has 2 aromatic carbocycles. The number of rotatable bonds is 11. The van der Waals surface area contributed by atoms with E-state index in [9.17, 15) is 14.7 Å². The fraction of sp³-hybridized carbons (Fsp3) is 0.400. The Kier molecular flexibility index (Phi) is 9.20. The predicted molar refractivity (Wildman–Crippen MR) is 145 cm³/mol. The van der Waals surface area contributed by atoms with Gasteiger partial charge in [0.1, 0.15) is 12.4 Å². The first kappa shape index (κ1) is 27.4. The number of aliphatic hydroxyl groups excluding tert-OH is 1. The minimum atomic E-state index is -0.756. The number of aryl methyl sites for hydroxylation is 1. The number of likely N-dealkylation sites (tertiary alicyclic amines) is 1. The van der Waals surface area contributed by atoms with Crippen LogP contribution in [-0.2, 0) is 14.3 Å². The highest BCUT2D eigenvalue weighted by Crippen LogP contribution is 2.42. The molecule has 2 heterocycles. The first-order valence-corrected chi connectivity index (χ1v) is 13.1. The third-order valence-corrected chi connectivity index (χ3v) is 6.78.